The van der Waals surface area contributed by atoms with Crippen molar-refractivity contribution in [2.75, 3.05) is 26.0 Å². The van der Waals surface area contributed by atoms with Crippen LogP contribution in [0.15, 0.2) is 0 Å². The van der Waals surface area contributed by atoms with Crippen LogP contribution in [0.4, 0.5) is 0 Å². The molecule has 0 aliphatic heterocycles. The second-order valence-electron chi connectivity index (χ2n) is 2.11. The first-order valence-corrected chi connectivity index (χ1v) is 5.28. The van der Waals surface area contributed by atoms with Crippen molar-refractivity contribution in [2.24, 2.45) is 5.73 Å². The van der Waals surface area contributed by atoms with Crippen LogP contribution in [0.25, 0.3) is 0 Å². The molecular formula is C5H12N2O3S2. The fourth-order valence-electron chi connectivity index (χ4n) is 0.538. The summed E-state index contributed by atoms with van der Waals surface area (Å²) in [6, 6.07) is 0. The number of ether oxygens (including phenoxy) is 1. The van der Waals surface area contributed by atoms with Gasteiger partial charge in [0, 0.05) is 13.7 Å². The SMILES string of the molecule is COCCNS(=O)(=O)CC(N)=S. The van der Waals surface area contributed by atoms with Crippen molar-refractivity contribution in [1.82, 2.24) is 4.72 Å². The fourth-order valence-corrected chi connectivity index (χ4v) is 1.87. The van der Waals surface area contributed by atoms with Crippen LogP contribution < -0.4 is 10.5 Å². The molecule has 0 aromatic heterocycles. The van der Waals surface area contributed by atoms with E-state index in [0.717, 1.165) is 0 Å². The first-order chi connectivity index (χ1) is 5.48. The van der Waals surface area contributed by atoms with E-state index in [1.54, 1.807) is 0 Å². The average molecular weight is 212 g/mol. The molecule has 0 aliphatic rings. The predicted octanol–water partition coefficient (Wildman–Crippen LogP) is -1.16. The molecule has 0 heterocycles. The van der Waals surface area contributed by atoms with Crippen LogP contribution in [0.5, 0.6) is 0 Å². The molecule has 0 saturated carbocycles. The summed E-state index contributed by atoms with van der Waals surface area (Å²) in [5.74, 6) is -0.313. The fraction of sp³-hybridized carbons (Fsp3) is 0.800. The van der Waals surface area contributed by atoms with Gasteiger partial charge < -0.3 is 10.5 Å². The van der Waals surface area contributed by atoms with Crippen LogP contribution in [0, 0.1) is 0 Å². The van der Waals surface area contributed by atoms with Crippen LogP contribution >= 0.6 is 12.2 Å². The normalized spacial score (nSPS) is 11.4. The van der Waals surface area contributed by atoms with Crippen LogP contribution in [0.2, 0.25) is 0 Å². The Bertz CT molecular complexity index is 237. The van der Waals surface area contributed by atoms with E-state index in [2.05, 4.69) is 21.7 Å². The first-order valence-electron chi connectivity index (χ1n) is 3.22. The molecule has 0 saturated heterocycles. The predicted molar refractivity (Wildman–Crippen MR) is 50.5 cm³/mol. The van der Waals surface area contributed by atoms with Crippen LogP contribution in [0.1, 0.15) is 0 Å². The molecule has 12 heavy (non-hydrogen) atoms. The van der Waals surface area contributed by atoms with E-state index in [4.69, 9.17) is 5.73 Å². The summed E-state index contributed by atoms with van der Waals surface area (Å²) >= 11 is 4.45. The standard InChI is InChI=1S/C5H12N2O3S2/c1-10-3-2-7-12(8,9)4-5(6)11/h7H,2-4H2,1H3,(H2,6,11). The van der Waals surface area contributed by atoms with E-state index in [-0.39, 0.29) is 17.3 Å². The zero-order valence-electron chi connectivity index (χ0n) is 6.74. The molecule has 0 rings (SSSR count). The van der Waals surface area contributed by atoms with Gasteiger partial charge in [0.1, 0.15) is 5.75 Å². The molecule has 72 valence electrons. The van der Waals surface area contributed by atoms with Gasteiger partial charge in [-0.1, -0.05) is 12.2 Å². The largest absolute Gasteiger partial charge is 0.392 e. The molecule has 0 unspecified atom stereocenters. The van der Waals surface area contributed by atoms with Crippen molar-refractivity contribution in [3.8, 4) is 0 Å². The monoisotopic (exact) mass is 212 g/mol. The Kier molecular flexibility index (Phi) is 5.31. The summed E-state index contributed by atoms with van der Waals surface area (Å²) in [7, 11) is -1.86. The van der Waals surface area contributed by atoms with E-state index in [9.17, 15) is 8.42 Å². The maximum Gasteiger partial charge on any atom is 0.218 e. The summed E-state index contributed by atoms with van der Waals surface area (Å²) in [5, 5.41) is 0. The van der Waals surface area contributed by atoms with Crippen LogP contribution in [-0.4, -0.2) is 39.4 Å². The smallest absolute Gasteiger partial charge is 0.218 e. The molecule has 3 N–H and O–H groups in total. The van der Waals surface area contributed by atoms with E-state index in [0.29, 0.717) is 6.61 Å². The van der Waals surface area contributed by atoms with Gasteiger partial charge in [-0.15, -0.1) is 0 Å². The summed E-state index contributed by atoms with van der Waals surface area (Å²) in [6.07, 6.45) is 0. The van der Waals surface area contributed by atoms with Gasteiger partial charge in [0.05, 0.1) is 11.6 Å². The minimum absolute atomic E-state index is 0.0417. The molecule has 0 radical (unpaired) electrons. The van der Waals surface area contributed by atoms with Crippen LogP contribution in [0.3, 0.4) is 0 Å². The summed E-state index contributed by atoms with van der Waals surface area (Å²) in [4.78, 5) is -0.0417. The van der Waals surface area contributed by atoms with Crippen molar-refractivity contribution in [3.63, 3.8) is 0 Å². The molecule has 0 bridgehead atoms. The molecule has 0 spiro atoms. The minimum Gasteiger partial charge on any atom is -0.392 e. The number of methoxy groups -OCH3 is 1. The van der Waals surface area contributed by atoms with Gasteiger partial charge in [-0.3, -0.25) is 0 Å². The maximum atomic E-state index is 11.0. The molecule has 5 nitrogen and oxygen atoms in total. The third kappa shape index (κ3) is 6.47. The molecule has 7 heteroatoms. The number of hydrogen-bond acceptors (Lipinski definition) is 4. The Morgan fingerprint density at radius 2 is 2.25 bits per heavy atom. The zero-order chi connectivity index (χ0) is 9.61. The van der Waals surface area contributed by atoms with E-state index in [1.807, 2.05) is 0 Å². The molecule has 0 atom stereocenters. The molecule has 0 fully saturated rings. The number of sulfonamides is 1. The number of nitrogens with two attached hydrogens (primary N) is 1. The Balaban J connectivity index is 3.81. The molecule has 0 aliphatic carbocycles. The van der Waals surface area contributed by atoms with Crippen LogP contribution in [-0.2, 0) is 14.8 Å². The molecular weight excluding hydrogens is 200 g/mol. The van der Waals surface area contributed by atoms with Gasteiger partial charge in [0.15, 0.2) is 0 Å². The lowest BCUT2D eigenvalue weighted by Crippen LogP contribution is -2.34. The number of thiocarbonyl (C=S) groups is 1. The second kappa shape index (κ2) is 5.41. The quantitative estimate of drug-likeness (QED) is 0.429. The third-order valence-electron chi connectivity index (χ3n) is 0.960. The molecule has 0 aromatic rings. The van der Waals surface area contributed by atoms with Gasteiger partial charge in [-0.05, 0) is 0 Å². The summed E-state index contributed by atoms with van der Waals surface area (Å²) < 4.78 is 28.9. The van der Waals surface area contributed by atoms with Crippen molar-refractivity contribution >= 4 is 27.2 Å². The lowest BCUT2D eigenvalue weighted by molar-refractivity contribution is 0.204. The third-order valence-corrected chi connectivity index (χ3v) is 2.62. The van der Waals surface area contributed by atoms with E-state index < -0.39 is 10.0 Å². The maximum absolute atomic E-state index is 11.0. The number of hydrogen-bond donors (Lipinski definition) is 2. The lowest BCUT2D eigenvalue weighted by atomic mass is 10.7. The van der Waals surface area contributed by atoms with Gasteiger partial charge in [0.25, 0.3) is 0 Å². The van der Waals surface area contributed by atoms with Gasteiger partial charge in [0.2, 0.25) is 10.0 Å². The summed E-state index contributed by atoms with van der Waals surface area (Å²) in [6.45, 7) is 0.567. The summed E-state index contributed by atoms with van der Waals surface area (Å²) in [5.41, 5.74) is 5.06. The number of nitrogens with one attached hydrogen (secondary N) is 1. The highest BCUT2D eigenvalue weighted by molar-refractivity contribution is 7.92. The molecule has 0 aromatic carbocycles. The first kappa shape index (κ1) is 11.8. The van der Waals surface area contributed by atoms with E-state index in [1.165, 1.54) is 7.11 Å². The van der Waals surface area contributed by atoms with Crippen molar-refractivity contribution in [3.05, 3.63) is 0 Å². The topological polar surface area (TPSA) is 81.4 Å². The van der Waals surface area contributed by atoms with Gasteiger partial charge >= 0.3 is 0 Å². The van der Waals surface area contributed by atoms with Gasteiger partial charge in [-0.25, -0.2) is 13.1 Å². The molecule has 0 amide bonds. The lowest BCUT2D eigenvalue weighted by Gasteiger charge is -2.03. The highest BCUT2D eigenvalue weighted by atomic mass is 32.2. The van der Waals surface area contributed by atoms with Crippen molar-refractivity contribution in [1.29, 1.82) is 0 Å². The highest BCUT2D eigenvalue weighted by Crippen LogP contribution is 1.83. The Morgan fingerprint density at radius 3 is 2.67 bits per heavy atom. The highest BCUT2D eigenvalue weighted by Gasteiger charge is 2.09. The Morgan fingerprint density at radius 1 is 1.67 bits per heavy atom. The zero-order valence-corrected chi connectivity index (χ0v) is 8.37. The minimum atomic E-state index is -3.35. The van der Waals surface area contributed by atoms with Crippen molar-refractivity contribution in [2.45, 2.75) is 0 Å². The second-order valence-corrected chi connectivity index (χ2v) is 4.44. The average Bonchev–Trinajstić information content (AvgIpc) is 1.84. The van der Waals surface area contributed by atoms with Crippen molar-refractivity contribution < 1.29 is 13.2 Å². The van der Waals surface area contributed by atoms with E-state index >= 15 is 0 Å². The van der Waals surface area contributed by atoms with Gasteiger partial charge in [-0.2, -0.15) is 0 Å². The Labute approximate surface area is 77.3 Å². The Hall–Kier alpha value is -0.240. The number of rotatable bonds is 6.